The lowest BCUT2D eigenvalue weighted by Crippen LogP contribution is -2.27. The fourth-order valence-electron chi connectivity index (χ4n) is 1.94. The van der Waals surface area contributed by atoms with Gasteiger partial charge in [-0.3, -0.25) is 0 Å². The van der Waals surface area contributed by atoms with Crippen molar-refractivity contribution in [3.05, 3.63) is 58.0 Å². The summed E-state index contributed by atoms with van der Waals surface area (Å²) in [5.74, 6) is -0.776. The SMILES string of the molecule is Nc1ccc2c(c1)oc(=O)n2C(=O)Nc1ccc(Cl)cc1. The molecule has 1 heterocycles. The van der Waals surface area contributed by atoms with Gasteiger partial charge in [0.25, 0.3) is 0 Å². The van der Waals surface area contributed by atoms with Crippen molar-refractivity contribution in [1.82, 2.24) is 4.57 Å². The summed E-state index contributed by atoms with van der Waals surface area (Å²) in [5, 5.41) is 3.14. The van der Waals surface area contributed by atoms with Crippen molar-refractivity contribution in [2.45, 2.75) is 0 Å². The zero-order chi connectivity index (χ0) is 15.0. The highest BCUT2D eigenvalue weighted by atomic mass is 35.5. The van der Waals surface area contributed by atoms with Crippen molar-refractivity contribution in [2.24, 2.45) is 0 Å². The number of oxazole rings is 1. The number of nitrogens with one attached hydrogen (secondary N) is 1. The molecule has 0 aliphatic heterocycles. The van der Waals surface area contributed by atoms with Gasteiger partial charge in [0.05, 0.1) is 0 Å². The molecule has 0 saturated heterocycles. The van der Waals surface area contributed by atoms with E-state index in [0.29, 0.717) is 21.9 Å². The summed E-state index contributed by atoms with van der Waals surface area (Å²) in [5.41, 5.74) is 7.18. The number of rotatable bonds is 1. The van der Waals surface area contributed by atoms with E-state index in [1.165, 1.54) is 6.07 Å². The molecule has 0 spiro atoms. The lowest BCUT2D eigenvalue weighted by molar-refractivity contribution is 0.252. The van der Waals surface area contributed by atoms with Crippen LogP contribution < -0.4 is 16.8 Å². The Morgan fingerprint density at radius 3 is 2.62 bits per heavy atom. The molecule has 3 aromatic rings. The van der Waals surface area contributed by atoms with E-state index in [2.05, 4.69) is 5.32 Å². The van der Waals surface area contributed by atoms with E-state index in [1.54, 1.807) is 36.4 Å². The Morgan fingerprint density at radius 1 is 1.19 bits per heavy atom. The molecule has 0 fully saturated rings. The number of hydrogen-bond acceptors (Lipinski definition) is 4. The molecule has 3 rings (SSSR count). The molecule has 7 heteroatoms. The van der Waals surface area contributed by atoms with Gasteiger partial charge in [-0.2, -0.15) is 4.57 Å². The third-order valence-electron chi connectivity index (χ3n) is 2.90. The molecule has 0 radical (unpaired) electrons. The molecular formula is C14H10ClN3O3. The Morgan fingerprint density at radius 2 is 1.90 bits per heavy atom. The fraction of sp³-hybridized carbons (Fsp3) is 0. The monoisotopic (exact) mass is 303 g/mol. The zero-order valence-electron chi connectivity index (χ0n) is 10.7. The van der Waals surface area contributed by atoms with Crippen LogP contribution in [-0.2, 0) is 0 Å². The maximum absolute atomic E-state index is 12.2. The average Bonchev–Trinajstić information content (AvgIpc) is 2.76. The largest absolute Gasteiger partial charge is 0.428 e. The number of carbonyl (C=O) groups excluding carboxylic acids is 1. The van der Waals surface area contributed by atoms with Crippen LogP contribution >= 0.6 is 11.6 Å². The molecular weight excluding hydrogens is 294 g/mol. The summed E-state index contributed by atoms with van der Waals surface area (Å²) in [4.78, 5) is 24.0. The number of nitrogen functional groups attached to an aromatic ring is 1. The number of amides is 1. The van der Waals surface area contributed by atoms with Crippen LogP contribution in [0, 0.1) is 0 Å². The molecule has 0 atom stereocenters. The van der Waals surface area contributed by atoms with Crippen LogP contribution in [0.4, 0.5) is 16.2 Å². The van der Waals surface area contributed by atoms with Crippen LogP contribution in [0.1, 0.15) is 0 Å². The van der Waals surface area contributed by atoms with Crippen LogP contribution in [-0.4, -0.2) is 10.6 Å². The number of benzene rings is 2. The van der Waals surface area contributed by atoms with E-state index >= 15 is 0 Å². The van der Waals surface area contributed by atoms with Crippen molar-refractivity contribution in [3.8, 4) is 0 Å². The molecule has 0 aliphatic rings. The minimum atomic E-state index is -0.776. The first kappa shape index (κ1) is 13.3. The number of anilines is 2. The zero-order valence-corrected chi connectivity index (χ0v) is 11.4. The number of fused-ring (bicyclic) bond motifs is 1. The smallest absolute Gasteiger partial charge is 0.407 e. The minimum Gasteiger partial charge on any atom is -0.407 e. The molecule has 3 N–H and O–H groups in total. The molecule has 0 unspecified atom stereocenters. The van der Waals surface area contributed by atoms with Crippen molar-refractivity contribution >= 4 is 40.1 Å². The molecule has 1 aromatic heterocycles. The van der Waals surface area contributed by atoms with Crippen molar-refractivity contribution in [1.29, 1.82) is 0 Å². The van der Waals surface area contributed by atoms with Crippen molar-refractivity contribution < 1.29 is 9.21 Å². The number of hydrogen-bond donors (Lipinski definition) is 2. The van der Waals surface area contributed by atoms with E-state index in [4.69, 9.17) is 21.8 Å². The lowest BCUT2D eigenvalue weighted by Gasteiger charge is -2.05. The van der Waals surface area contributed by atoms with Crippen molar-refractivity contribution in [3.63, 3.8) is 0 Å². The number of halogens is 1. The molecule has 2 aromatic carbocycles. The normalized spacial score (nSPS) is 10.7. The molecule has 6 nitrogen and oxygen atoms in total. The van der Waals surface area contributed by atoms with E-state index in [0.717, 1.165) is 4.57 Å². The Kier molecular flexibility index (Phi) is 3.15. The summed E-state index contributed by atoms with van der Waals surface area (Å²) >= 11 is 5.77. The quantitative estimate of drug-likeness (QED) is 0.676. The van der Waals surface area contributed by atoms with Crippen LogP contribution in [0.25, 0.3) is 11.1 Å². The number of carbonyl (C=O) groups is 1. The van der Waals surface area contributed by atoms with Gasteiger partial charge in [0.2, 0.25) is 0 Å². The first-order valence-corrected chi connectivity index (χ1v) is 6.40. The summed E-state index contributed by atoms with van der Waals surface area (Å²) in [6, 6.07) is 10.5. The Balaban J connectivity index is 2.00. The van der Waals surface area contributed by atoms with E-state index in [1.807, 2.05) is 0 Å². The number of aromatic nitrogens is 1. The van der Waals surface area contributed by atoms with Gasteiger partial charge in [0.15, 0.2) is 5.58 Å². The van der Waals surface area contributed by atoms with E-state index < -0.39 is 11.8 Å². The fourth-order valence-corrected chi connectivity index (χ4v) is 2.07. The maximum Gasteiger partial charge on any atom is 0.428 e. The summed E-state index contributed by atoms with van der Waals surface area (Å²) in [6.45, 7) is 0. The topological polar surface area (TPSA) is 90.3 Å². The predicted molar refractivity (Wildman–Crippen MR) is 80.8 cm³/mol. The standard InChI is InChI=1S/C14H10ClN3O3/c15-8-1-4-10(5-2-8)17-13(19)18-11-6-3-9(16)7-12(11)21-14(18)20/h1-7H,16H2,(H,17,19). The second-order valence-corrected chi connectivity index (χ2v) is 4.80. The van der Waals surface area contributed by atoms with Gasteiger partial charge < -0.3 is 15.5 Å². The summed E-state index contributed by atoms with van der Waals surface area (Å²) < 4.78 is 5.91. The Bertz CT molecular complexity index is 881. The number of nitrogens with zero attached hydrogens (tertiary/aromatic N) is 1. The second-order valence-electron chi connectivity index (χ2n) is 4.37. The van der Waals surface area contributed by atoms with Crippen LogP contribution in [0.2, 0.25) is 5.02 Å². The highest BCUT2D eigenvalue weighted by Crippen LogP contribution is 2.17. The van der Waals surface area contributed by atoms with Gasteiger partial charge in [-0.25, -0.2) is 9.59 Å². The highest BCUT2D eigenvalue weighted by Gasteiger charge is 2.16. The van der Waals surface area contributed by atoms with Gasteiger partial charge in [-0.05, 0) is 36.4 Å². The van der Waals surface area contributed by atoms with Gasteiger partial charge >= 0.3 is 11.8 Å². The Labute approximate surface area is 123 Å². The third kappa shape index (κ3) is 2.48. The molecule has 0 bridgehead atoms. The molecule has 0 saturated carbocycles. The third-order valence-corrected chi connectivity index (χ3v) is 3.16. The van der Waals surface area contributed by atoms with Gasteiger partial charge in [-0.1, -0.05) is 11.6 Å². The molecule has 0 aliphatic carbocycles. The van der Waals surface area contributed by atoms with E-state index in [-0.39, 0.29) is 5.58 Å². The minimum absolute atomic E-state index is 0.256. The van der Waals surface area contributed by atoms with Crippen LogP contribution in [0.3, 0.4) is 0 Å². The van der Waals surface area contributed by atoms with Crippen molar-refractivity contribution in [2.75, 3.05) is 11.1 Å². The number of nitrogens with two attached hydrogens (primary N) is 1. The van der Waals surface area contributed by atoms with Gasteiger partial charge in [-0.15, -0.1) is 0 Å². The lowest BCUT2D eigenvalue weighted by atomic mass is 10.3. The van der Waals surface area contributed by atoms with Crippen LogP contribution in [0.5, 0.6) is 0 Å². The second kappa shape index (κ2) is 4.99. The molecule has 21 heavy (non-hydrogen) atoms. The summed E-state index contributed by atoms with van der Waals surface area (Å²) in [6.07, 6.45) is 0. The summed E-state index contributed by atoms with van der Waals surface area (Å²) in [7, 11) is 0. The first-order chi connectivity index (χ1) is 10.0. The Hall–Kier alpha value is -2.73. The molecule has 1 amide bonds. The van der Waals surface area contributed by atoms with Gasteiger partial charge in [0, 0.05) is 22.5 Å². The average molecular weight is 304 g/mol. The predicted octanol–water partition coefficient (Wildman–Crippen LogP) is 2.91. The van der Waals surface area contributed by atoms with E-state index in [9.17, 15) is 9.59 Å². The maximum atomic E-state index is 12.2. The first-order valence-electron chi connectivity index (χ1n) is 6.02. The van der Waals surface area contributed by atoms with Crippen LogP contribution in [0.15, 0.2) is 51.7 Å². The highest BCUT2D eigenvalue weighted by molar-refractivity contribution is 6.30. The van der Waals surface area contributed by atoms with Gasteiger partial charge in [0.1, 0.15) is 5.52 Å². The molecule has 106 valence electrons.